The van der Waals surface area contributed by atoms with Crippen LogP contribution in [0.1, 0.15) is 18.9 Å². The number of benzene rings is 1. The number of halogens is 1. The molecule has 1 N–H and O–H groups in total. The fraction of sp³-hybridized carbons (Fsp3) is 0.462. The summed E-state index contributed by atoms with van der Waals surface area (Å²) in [6.45, 7) is 2.53. The molecule has 1 amide bonds. The van der Waals surface area contributed by atoms with Gasteiger partial charge in [0.15, 0.2) is 0 Å². The van der Waals surface area contributed by atoms with Crippen molar-refractivity contribution in [3.05, 3.63) is 29.8 Å². The Morgan fingerprint density at radius 3 is 2.94 bits per heavy atom. The van der Waals surface area contributed by atoms with Gasteiger partial charge in [0, 0.05) is 11.9 Å². The minimum atomic E-state index is 0.00979. The SMILES string of the molecule is COc1cccc(CC(=O)NCCC(C)Cl)c1. The minimum absolute atomic E-state index is 0.00979. The molecule has 1 aromatic rings. The number of hydrogen-bond donors (Lipinski definition) is 1. The molecule has 94 valence electrons. The molecule has 1 rings (SSSR count). The van der Waals surface area contributed by atoms with Crippen molar-refractivity contribution in [1.29, 1.82) is 0 Å². The Bertz CT molecular complexity index is 366. The molecule has 0 saturated carbocycles. The normalized spacial score (nSPS) is 11.9. The molecule has 17 heavy (non-hydrogen) atoms. The highest BCUT2D eigenvalue weighted by molar-refractivity contribution is 6.20. The molecular formula is C13H18ClNO2. The van der Waals surface area contributed by atoms with E-state index in [1.54, 1.807) is 7.11 Å². The van der Waals surface area contributed by atoms with Crippen LogP contribution < -0.4 is 10.1 Å². The smallest absolute Gasteiger partial charge is 0.224 e. The summed E-state index contributed by atoms with van der Waals surface area (Å²) in [6.07, 6.45) is 1.15. The quantitative estimate of drug-likeness (QED) is 0.793. The molecule has 0 radical (unpaired) electrons. The van der Waals surface area contributed by atoms with Gasteiger partial charge in [0.05, 0.1) is 13.5 Å². The molecule has 0 fully saturated rings. The van der Waals surface area contributed by atoms with Gasteiger partial charge in [0.1, 0.15) is 5.75 Å². The third kappa shape index (κ3) is 5.59. The maximum absolute atomic E-state index is 11.6. The van der Waals surface area contributed by atoms with Crippen molar-refractivity contribution in [1.82, 2.24) is 5.32 Å². The second-order valence-electron chi connectivity index (χ2n) is 3.95. The van der Waals surface area contributed by atoms with Crippen LogP contribution in [0.5, 0.6) is 5.75 Å². The van der Waals surface area contributed by atoms with Gasteiger partial charge in [-0.1, -0.05) is 12.1 Å². The largest absolute Gasteiger partial charge is 0.497 e. The van der Waals surface area contributed by atoms with Crippen LogP contribution in [0.15, 0.2) is 24.3 Å². The molecule has 0 saturated heterocycles. The summed E-state index contributed by atoms with van der Waals surface area (Å²) in [5.74, 6) is 0.778. The van der Waals surface area contributed by atoms with Crippen LogP contribution in [-0.4, -0.2) is 24.9 Å². The monoisotopic (exact) mass is 255 g/mol. The van der Waals surface area contributed by atoms with E-state index in [4.69, 9.17) is 16.3 Å². The summed E-state index contributed by atoms with van der Waals surface area (Å²) in [5.41, 5.74) is 0.945. The van der Waals surface area contributed by atoms with E-state index in [2.05, 4.69) is 5.32 Å². The average Bonchev–Trinajstić information content (AvgIpc) is 2.28. The Morgan fingerprint density at radius 1 is 1.53 bits per heavy atom. The molecule has 1 aromatic carbocycles. The third-order valence-electron chi connectivity index (χ3n) is 2.36. The van der Waals surface area contributed by atoms with E-state index in [9.17, 15) is 4.79 Å². The van der Waals surface area contributed by atoms with Crippen molar-refractivity contribution < 1.29 is 9.53 Å². The first kappa shape index (κ1) is 13.8. The van der Waals surface area contributed by atoms with Crippen molar-refractivity contribution in [2.24, 2.45) is 0 Å². The van der Waals surface area contributed by atoms with E-state index in [1.165, 1.54) is 0 Å². The van der Waals surface area contributed by atoms with Crippen LogP contribution in [-0.2, 0) is 11.2 Å². The number of hydrogen-bond acceptors (Lipinski definition) is 2. The lowest BCUT2D eigenvalue weighted by Gasteiger charge is -2.07. The van der Waals surface area contributed by atoms with Gasteiger partial charge in [-0.15, -0.1) is 11.6 Å². The zero-order valence-corrected chi connectivity index (χ0v) is 11.0. The summed E-state index contributed by atoms with van der Waals surface area (Å²) >= 11 is 5.79. The van der Waals surface area contributed by atoms with Crippen LogP contribution >= 0.6 is 11.6 Å². The predicted octanol–water partition coefficient (Wildman–Crippen LogP) is 2.37. The molecule has 0 aliphatic heterocycles. The lowest BCUT2D eigenvalue weighted by atomic mass is 10.1. The first-order valence-electron chi connectivity index (χ1n) is 5.65. The molecule has 0 spiro atoms. The van der Waals surface area contributed by atoms with Gasteiger partial charge in [0.25, 0.3) is 0 Å². The number of amides is 1. The van der Waals surface area contributed by atoms with Crippen molar-refractivity contribution in [2.75, 3.05) is 13.7 Å². The summed E-state index contributed by atoms with van der Waals surface area (Å²) in [4.78, 5) is 11.6. The van der Waals surface area contributed by atoms with Gasteiger partial charge in [-0.05, 0) is 31.0 Å². The number of carbonyl (C=O) groups excluding carboxylic acids is 1. The molecule has 0 aliphatic rings. The van der Waals surface area contributed by atoms with Gasteiger partial charge in [-0.3, -0.25) is 4.79 Å². The number of alkyl halides is 1. The number of rotatable bonds is 6. The maximum atomic E-state index is 11.6. The topological polar surface area (TPSA) is 38.3 Å². The van der Waals surface area contributed by atoms with Gasteiger partial charge < -0.3 is 10.1 Å². The maximum Gasteiger partial charge on any atom is 0.224 e. The minimum Gasteiger partial charge on any atom is -0.497 e. The zero-order chi connectivity index (χ0) is 12.7. The number of ether oxygens (including phenoxy) is 1. The number of nitrogens with one attached hydrogen (secondary N) is 1. The van der Waals surface area contributed by atoms with Gasteiger partial charge in [0.2, 0.25) is 5.91 Å². The van der Waals surface area contributed by atoms with Crippen molar-refractivity contribution in [2.45, 2.75) is 25.1 Å². The molecule has 0 aromatic heterocycles. The fourth-order valence-electron chi connectivity index (χ4n) is 1.44. The molecule has 0 heterocycles. The summed E-state index contributed by atoms with van der Waals surface area (Å²) in [5, 5.41) is 2.93. The van der Waals surface area contributed by atoms with Crippen LogP contribution in [0.4, 0.5) is 0 Å². The van der Waals surface area contributed by atoms with Gasteiger partial charge in [-0.25, -0.2) is 0 Å². The summed E-state index contributed by atoms with van der Waals surface area (Å²) in [6, 6.07) is 7.51. The van der Waals surface area contributed by atoms with E-state index in [-0.39, 0.29) is 11.3 Å². The number of methoxy groups -OCH3 is 1. The first-order valence-corrected chi connectivity index (χ1v) is 6.09. The third-order valence-corrected chi connectivity index (χ3v) is 2.58. The molecular weight excluding hydrogens is 238 g/mol. The summed E-state index contributed by atoms with van der Waals surface area (Å²) in [7, 11) is 1.61. The van der Waals surface area contributed by atoms with Crippen molar-refractivity contribution in [3.8, 4) is 5.75 Å². The van der Waals surface area contributed by atoms with Gasteiger partial charge in [-0.2, -0.15) is 0 Å². The highest BCUT2D eigenvalue weighted by atomic mass is 35.5. The second kappa shape index (κ2) is 7.17. The fourth-order valence-corrected chi connectivity index (χ4v) is 1.55. The molecule has 1 unspecified atom stereocenters. The zero-order valence-electron chi connectivity index (χ0n) is 10.2. The van der Waals surface area contributed by atoms with Crippen molar-refractivity contribution >= 4 is 17.5 Å². The van der Waals surface area contributed by atoms with Gasteiger partial charge >= 0.3 is 0 Å². The highest BCUT2D eigenvalue weighted by Crippen LogP contribution is 2.12. The lowest BCUT2D eigenvalue weighted by molar-refractivity contribution is -0.120. The first-order chi connectivity index (χ1) is 8.11. The van der Waals surface area contributed by atoms with Crippen LogP contribution in [0.3, 0.4) is 0 Å². The molecule has 3 nitrogen and oxygen atoms in total. The highest BCUT2D eigenvalue weighted by Gasteiger charge is 2.04. The van der Waals surface area contributed by atoms with Crippen LogP contribution in [0, 0.1) is 0 Å². The van der Waals surface area contributed by atoms with Crippen LogP contribution in [0.25, 0.3) is 0 Å². The molecule has 0 bridgehead atoms. The Labute approximate surface area is 107 Å². The van der Waals surface area contributed by atoms with E-state index >= 15 is 0 Å². The standard InChI is InChI=1S/C13H18ClNO2/c1-10(14)6-7-15-13(16)9-11-4-3-5-12(8-11)17-2/h3-5,8,10H,6-7,9H2,1-2H3,(H,15,16). The lowest BCUT2D eigenvalue weighted by Crippen LogP contribution is -2.27. The average molecular weight is 256 g/mol. The Kier molecular flexibility index (Phi) is 5.84. The van der Waals surface area contributed by atoms with E-state index in [0.29, 0.717) is 13.0 Å². The van der Waals surface area contributed by atoms with E-state index in [1.807, 2.05) is 31.2 Å². The Hall–Kier alpha value is -1.22. The molecule has 4 heteroatoms. The Morgan fingerprint density at radius 2 is 2.29 bits per heavy atom. The predicted molar refractivity (Wildman–Crippen MR) is 69.6 cm³/mol. The van der Waals surface area contributed by atoms with E-state index in [0.717, 1.165) is 17.7 Å². The number of carbonyl (C=O) groups is 1. The van der Waals surface area contributed by atoms with Crippen molar-refractivity contribution in [3.63, 3.8) is 0 Å². The second-order valence-corrected chi connectivity index (χ2v) is 4.69. The summed E-state index contributed by atoms with van der Waals surface area (Å²) < 4.78 is 5.10. The molecule has 0 aliphatic carbocycles. The van der Waals surface area contributed by atoms with E-state index < -0.39 is 0 Å². The molecule has 1 atom stereocenters. The Balaban J connectivity index is 2.39. The van der Waals surface area contributed by atoms with Crippen LogP contribution in [0.2, 0.25) is 0 Å².